The molecule has 0 aromatic carbocycles. The predicted octanol–water partition coefficient (Wildman–Crippen LogP) is 2.66. The zero-order chi connectivity index (χ0) is 12.6. The van der Waals surface area contributed by atoms with Crippen LogP contribution in [0.3, 0.4) is 0 Å². The molecule has 0 aromatic heterocycles. The fourth-order valence-corrected chi connectivity index (χ4v) is 1.22. The Bertz CT molecular complexity index is 236. The highest BCUT2D eigenvalue weighted by Crippen LogP contribution is 2.16. The highest BCUT2D eigenvalue weighted by atomic mass is 35.5. The van der Waals surface area contributed by atoms with E-state index in [0.29, 0.717) is 6.61 Å². The van der Waals surface area contributed by atoms with E-state index in [-0.39, 0.29) is 11.5 Å². The summed E-state index contributed by atoms with van der Waals surface area (Å²) in [6, 6.07) is 0. The molecular formula is C12H21ClO3. The Labute approximate surface area is 102 Å². The third-order valence-electron chi connectivity index (χ3n) is 2.55. The quantitative estimate of drug-likeness (QED) is 0.311. The molecule has 0 bridgehead atoms. The van der Waals surface area contributed by atoms with Crippen LogP contribution < -0.4 is 0 Å². The molecule has 0 aliphatic heterocycles. The molecule has 0 spiro atoms. The van der Waals surface area contributed by atoms with E-state index in [2.05, 4.69) is 6.58 Å². The van der Waals surface area contributed by atoms with E-state index in [1.165, 1.54) is 0 Å². The number of hydrogen-bond donors (Lipinski definition) is 1. The van der Waals surface area contributed by atoms with Crippen molar-refractivity contribution in [3.05, 3.63) is 12.2 Å². The number of ether oxygens (including phenoxy) is 1. The number of rotatable bonds is 8. The molecule has 16 heavy (non-hydrogen) atoms. The van der Waals surface area contributed by atoms with E-state index >= 15 is 0 Å². The summed E-state index contributed by atoms with van der Waals surface area (Å²) in [7, 11) is 0. The van der Waals surface area contributed by atoms with Gasteiger partial charge in [0.05, 0.1) is 18.1 Å². The Kier molecular flexibility index (Phi) is 7.43. The molecule has 0 saturated heterocycles. The Morgan fingerprint density at radius 3 is 2.62 bits per heavy atom. The van der Waals surface area contributed by atoms with Crippen molar-refractivity contribution >= 4 is 17.6 Å². The van der Waals surface area contributed by atoms with Crippen LogP contribution in [0.1, 0.15) is 39.5 Å². The lowest BCUT2D eigenvalue weighted by Crippen LogP contribution is -2.22. The average Bonchev–Trinajstić information content (AvgIpc) is 2.27. The fourth-order valence-electron chi connectivity index (χ4n) is 1.11. The van der Waals surface area contributed by atoms with E-state index < -0.39 is 11.6 Å². The molecule has 4 heteroatoms. The summed E-state index contributed by atoms with van der Waals surface area (Å²) in [5.74, 6) is -0.333. The van der Waals surface area contributed by atoms with Crippen LogP contribution in [-0.4, -0.2) is 29.2 Å². The van der Waals surface area contributed by atoms with Gasteiger partial charge >= 0.3 is 5.97 Å². The molecule has 0 amide bonds. The third kappa shape index (κ3) is 6.85. The minimum absolute atomic E-state index is 0.101. The first-order valence-corrected chi connectivity index (χ1v) is 6.09. The molecule has 0 rings (SSSR count). The second-order valence-electron chi connectivity index (χ2n) is 4.18. The number of unbranched alkanes of at least 4 members (excludes halogenated alkanes) is 1. The van der Waals surface area contributed by atoms with Crippen molar-refractivity contribution in [2.45, 2.75) is 45.1 Å². The highest BCUT2D eigenvalue weighted by Gasteiger charge is 2.16. The second-order valence-corrected chi connectivity index (χ2v) is 4.45. The maximum atomic E-state index is 11.1. The first kappa shape index (κ1) is 15.5. The lowest BCUT2D eigenvalue weighted by atomic mass is 9.96. The molecule has 0 aromatic rings. The van der Waals surface area contributed by atoms with E-state index in [1.807, 2.05) is 13.8 Å². The highest BCUT2D eigenvalue weighted by molar-refractivity contribution is 6.22. The Morgan fingerprint density at radius 2 is 2.12 bits per heavy atom. The molecule has 0 aliphatic carbocycles. The van der Waals surface area contributed by atoms with Crippen LogP contribution in [0.15, 0.2) is 12.2 Å². The predicted molar refractivity (Wildman–Crippen MR) is 65.6 cm³/mol. The number of carbonyl (C=O) groups excluding carboxylic acids is 1. The average molecular weight is 249 g/mol. The number of esters is 1. The fraction of sp³-hybridized carbons (Fsp3) is 0.750. The van der Waals surface area contributed by atoms with Gasteiger partial charge in [-0.3, -0.25) is 0 Å². The van der Waals surface area contributed by atoms with E-state index in [4.69, 9.17) is 16.3 Å². The number of carbonyl (C=O) groups is 1. The second kappa shape index (κ2) is 7.69. The zero-order valence-corrected chi connectivity index (χ0v) is 10.8. The number of aliphatic hydroxyl groups is 1. The first-order chi connectivity index (χ1) is 7.43. The molecule has 1 atom stereocenters. The van der Waals surface area contributed by atoms with Crippen LogP contribution in [0.25, 0.3) is 0 Å². The van der Waals surface area contributed by atoms with Crippen LogP contribution in [0, 0.1) is 0 Å². The number of hydrogen-bond acceptors (Lipinski definition) is 3. The summed E-state index contributed by atoms with van der Waals surface area (Å²) in [5, 5.41) is 9.72. The molecule has 1 N–H and O–H groups in total. The van der Waals surface area contributed by atoms with Gasteiger partial charge in [0.1, 0.15) is 0 Å². The summed E-state index contributed by atoms with van der Waals surface area (Å²) in [4.78, 5) is 11.1. The molecule has 0 fully saturated rings. The minimum atomic E-state index is -0.607. The molecular weight excluding hydrogens is 228 g/mol. The summed E-state index contributed by atoms with van der Waals surface area (Å²) in [5.41, 5.74) is -0.328. The van der Waals surface area contributed by atoms with Gasteiger partial charge in [0.2, 0.25) is 0 Å². The topological polar surface area (TPSA) is 46.5 Å². The van der Waals surface area contributed by atoms with E-state index in [0.717, 1.165) is 25.7 Å². The Balaban J connectivity index is 3.55. The van der Waals surface area contributed by atoms with Crippen molar-refractivity contribution in [3.8, 4) is 0 Å². The summed E-state index contributed by atoms with van der Waals surface area (Å²) in [6.07, 6.45) is 3.03. The molecule has 1 unspecified atom stereocenters. The van der Waals surface area contributed by atoms with Gasteiger partial charge in [0, 0.05) is 5.57 Å². The van der Waals surface area contributed by atoms with E-state index in [9.17, 15) is 9.90 Å². The standard InChI is InChI=1S/C12H21ClO3/c1-4-12(3,15)7-5-6-8-16-11(14)10(2)9-13/h15H,2,4-9H2,1,3H3. The van der Waals surface area contributed by atoms with Gasteiger partial charge in [0.25, 0.3) is 0 Å². The van der Waals surface area contributed by atoms with Gasteiger partial charge in [-0.25, -0.2) is 4.79 Å². The van der Waals surface area contributed by atoms with Crippen LogP contribution in [0.2, 0.25) is 0 Å². The van der Waals surface area contributed by atoms with Gasteiger partial charge < -0.3 is 9.84 Å². The van der Waals surface area contributed by atoms with Crippen molar-refractivity contribution in [1.82, 2.24) is 0 Å². The summed E-state index contributed by atoms with van der Waals surface area (Å²) in [6.45, 7) is 7.60. The maximum Gasteiger partial charge on any atom is 0.334 e. The third-order valence-corrected chi connectivity index (χ3v) is 2.88. The summed E-state index contributed by atoms with van der Waals surface area (Å²) < 4.78 is 4.94. The van der Waals surface area contributed by atoms with Crippen molar-refractivity contribution in [2.24, 2.45) is 0 Å². The SMILES string of the molecule is C=C(CCl)C(=O)OCCCCC(C)(O)CC. The lowest BCUT2D eigenvalue weighted by molar-refractivity contribution is -0.139. The molecule has 0 heterocycles. The van der Waals surface area contributed by atoms with Gasteiger partial charge in [-0.05, 0) is 32.6 Å². The van der Waals surface area contributed by atoms with Gasteiger partial charge in [-0.2, -0.15) is 0 Å². The smallest absolute Gasteiger partial charge is 0.334 e. The normalized spacial score (nSPS) is 14.2. The lowest BCUT2D eigenvalue weighted by Gasteiger charge is -2.20. The van der Waals surface area contributed by atoms with Crippen molar-refractivity contribution in [2.75, 3.05) is 12.5 Å². The number of alkyl halides is 1. The van der Waals surface area contributed by atoms with Gasteiger partial charge in [-0.1, -0.05) is 13.5 Å². The van der Waals surface area contributed by atoms with Crippen LogP contribution in [-0.2, 0) is 9.53 Å². The Morgan fingerprint density at radius 1 is 1.50 bits per heavy atom. The largest absolute Gasteiger partial charge is 0.462 e. The number of halogens is 1. The minimum Gasteiger partial charge on any atom is -0.462 e. The Hall–Kier alpha value is -0.540. The van der Waals surface area contributed by atoms with Crippen LogP contribution in [0.5, 0.6) is 0 Å². The van der Waals surface area contributed by atoms with E-state index in [1.54, 1.807) is 0 Å². The molecule has 0 saturated carbocycles. The zero-order valence-electron chi connectivity index (χ0n) is 10.1. The summed E-state index contributed by atoms with van der Waals surface area (Å²) >= 11 is 5.43. The van der Waals surface area contributed by atoms with Crippen molar-refractivity contribution in [1.29, 1.82) is 0 Å². The monoisotopic (exact) mass is 248 g/mol. The molecule has 3 nitrogen and oxygen atoms in total. The van der Waals surface area contributed by atoms with Crippen LogP contribution in [0.4, 0.5) is 0 Å². The van der Waals surface area contributed by atoms with Gasteiger partial charge in [0.15, 0.2) is 0 Å². The molecule has 94 valence electrons. The van der Waals surface area contributed by atoms with Crippen molar-refractivity contribution in [3.63, 3.8) is 0 Å². The van der Waals surface area contributed by atoms with Crippen molar-refractivity contribution < 1.29 is 14.6 Å². The molecule has 0 radical (unpaired) electrons. The maximum absolute atomic E-state index is 11.1. The molecule has 0 aliphatic rings. The van der Waals surface area contributed by atoms with Gasteiger partial charge in [-0.15, -0.1) is 11.6 Å². The van der Waals surface area contributed by atoms with Crippen LogP contribution >= 0.6 is 11.6 Å². The first-order valence-electron chi connectivity index (χ1n) is 5.56.